The molecule has 3 rings (SSSR count). The van der Waals surface area contributed by atoms with Crippen molar-refractivity contribution in [3.05, 3.63) is 54.6 Å². The maximum Gasteiger partial charge on any atom is 0.315 e. The van der Waals surface area contributed by atoms with E-state index in [1.54, 1.807) is 7.11 Å². The highest BCUT2D eigenvalue weighted by molar-refractivity contribution is 7.99. The Balaban J connectivity index is 1.29. The maximum atomic E-state index is 12.1. The first-order chi connectivity index (χ1) is 13.7. The molecule has 2 N–H and O–H groups in total. The number of nitrogens with one attached hydrogen (secondary N) is 2. The lowest BCUT2D eigenvalue weighted by Gasteiger charge is -2.34. The lowest BCUT2D eigenvalue weighted by Crippen LogP contribution is -2.48. The first kappa shape index (κ1) is 20.4. The second kappa shape index (κ2) is 10.9. The number of piperidine rings is 1. The Morgan fingerprint density at radius 2 is 1.82 bits per heavy atom. The molecule has 2 amide bonds. The van der Waals surface area contributed by atoms with E-state index in [1.165, 1.54) is 10.6 Å². The zero-order valence-corrected chi connectivity index (χ0v) is 17.2. The summed E-state index contributed by atoms with van der Waals surface area (Å²) in [7, 11) is 1.68. The summed E-state index contributed by atoms with van der Waals surface area (Å²) in [5, 5.41) is 6.10. The number of hydrogen-bond acceptors (Lipinski definition) is 4. The van der Waals surface area contributed by atoms with Crippen molar-refractivity contribution < 1.29 is 9.53 Å². The fourth-order valence-electron chi connectivity index (χ4n) is 3.29. The minimum Gasteiger partial charge on any atom is -0.497 e. The number of ether oxygens (including phenoxy) is 1. The van der Waals surface area contributed by atoms with E-state index >= 15 is 0 Å². The third-order valence-corrected chi connectivity index (χ3v) is 5.98. The highest BCUT2D eigenvalue weighted by atomic mass is 32.2. The number of rotatable bonds is 8. The van der Waals surface area contributed by atoms with Crippen LogP contribution in [-0.2, 0) is 0 Å². The van der Waals surface area contributed by atoms with E-state index in [1.807, 2.05) is 42.1 Å². The van der Waals surface area contributed by atoms with Gasteiger partial charge in [-0.2, -0.15) is 0 Å². The van der Waals surface area contributed by atoms with Gasteiger partial charge in [-0.05, 0) is 61.4 Å². The molecule has 0 saturated carbocycles. The first-order valence-corrected chi connectivity index (χ1v) is 10.8. The molecule has 0 radical (unpaired) electrons. The van der Waals surface area contributed by atoms with Crippen molar-refractivity contribution in [3.8, 4) is 5.75 Å². The summed E-state index contributed by atoms with van der Waals surface area (Å²) in [4.78, 5) is 15.7. The molecular formula is C22H29N3O2S. The van der Waals surface area contributed by atoms with E-state index in [4.69, 9.17) is 4.74 Å². The molecule has 2 aromatic rings. The fraction of sp³-hybridized carbons (Fsp3) is 0.409. The van der Waals surface area contributed by atoms with Crippen molar-refractivity contribution in [3.63, 3.8) is 0 Å². The third kappa shape index (κ3) is 6.37. The van der Waals surface area contributed by atoms with Crippen LogP contribution in [-0.4, -0.2) is 44.6 Å². The van der Waals surface area contributed by atoms with E-state index in [9.17, 15) is 4.79 Å². The number of nitrogens with zero attached hydrogens (tertiary/aromatic N) is 1. The quantitative estimate of drug-likeness (QED) is 0.517. The number of hydrogen-bond donors (Lipinski definition) is 2. The smallest absolute Gasteiger partial charge is 0.315 e. The zero-order chi connectivity index (χ0) is 19.6. The zero-order valence-electron chi connectivity index (χ0n) is 16.4. The minimum absolute atomic E-state index is 0.0485. The van der Waals surface area contributed by atoms with Gasteiger partial charge in [-0.15, -0.1) is 11.8 Å². The summed E-state index contributed by atoms with van der Waals surface area (Å²) in [6, 6.07) is 18.7. The Hall–Kier alpha value is -2.34. The summed E-state index contributed by atoms with van der Waals surface area (Å²) in [6.45, 7) is 2.60. The Bertz CT molecular complexity index is 716. The summed E-state index contributed by atoms with van der Waals surface area (Å²) >= 11 is 1.82. The van der Waals surface area contributed by atoms with Crippen LogP contribution in [0.25, 0.3) is 0 Å². The molecule has 1 saturated heterocycles. The van der Waals surface area contributed by atoms with Gasteiger partial charge in [0.25, 0.3) is 0 Å². The van der Waals surface area contributed by atoms with Crippen LogP contribution in [0.2, 0.25) is 0 Å². The van der Waals surface area contributed by atoms with Crippen molar-refractivity contribution in [2.24, 2.45) is 0 Å². The normalized spacial score (nSPS) is 14.5. The van der Waals surface area contributed by atoms with Gasteiger partial charge in [-0.1, -0.05) is 18.2 Å². The van der Waals surface area contributed by atoms with Crippen LogP contribution in [0, 0.1) is 0 Å². The monoisotopic (exact) mass is 399 g/mol. The van der Waals surface area contributed by atoms with Crippen molar-refractivity contribution in [1.29, 1.82) is 0 Å². The van der Waals surface area contributed by atoms with Crippen LogP contribution in [0.5, 0.6) is 5.75 Å². The number of methoxy groups -OCH3 is 1. The number of thioether (sulfide) groups is 1. The molecule has 1 aliphatic rings. The molecule has 1 fully saturated rings. The van der Waals surface area contributed by atoms with Crippen molar-refractivity contribution in [2.45, 2.75) is 30.2 Å². The molecule has 0 bridgehead atoms. The molecule has 0 unspecified atom stereocenters. The van der Waals surface area contributed by atoms with Crippen LogP contribution in [0.15, 0.2) is 59.5 Å². The molecule has 0 aromatic heterocycles. The lowest BCUT2D eigenvalue weighted by atomic mass is 10.0. The Morgan fingerprint density at radius 3 is 2.50 bits per heavy atom. The highest BCUT2D eigenvalue weighted by Gasteiger charge is 2.20. The van der Waals surface area contributed by atoms with Gasteiger partial charge in [0.2, 0.25) is 0 Å². The van der Waals surface area contributed by atoms with E-state index in [2.05, 4.69) is 39.8 Å². The molecule has 5 nitrogen and oxygen atoms in total. The number of carbonyl (C=O) groups is 1. The van der Waals surface area contributed by atoms with Crippen molar-refractivity contribution >= 4 is 23.5 Å². The highest BCUT2D eigenvalue weighted by Crippen LogP contribution is 2.23. The van der Waals surface area contributed by atoms with Gasteiger partial charge in [0.1, 0.15) is 5.75 Å². The van der Waals surface area contributed by atoms with Gasteiger partial charge in [0.05, 0.1) is 7.11 Å². The van der Waals surface area contributed by atoms with Crippen LogP contribution >= 0.6 is 11.8 Å². The van der Waals surface area contributed by atoms with Crippen molar-refractivity contribution in [2.75, 3.05) is 37.4 Å². The molecule has 1 aliphatic heterocycles. The minimum atomic E-state index is -0.0485. The number of urea groups is 1. The number of benzene rings is 2. The van der Waals surface area contributed by atoms with Crippen molar-refractivity contribution in [1.82, 2.24) is 10.6 Å². The van der Waals surface area contributed by atoms with E-state index in [-0.39, 0.29) is 12.1 Å². The van der Waals surface area contributed by atoms with Gasteiger partial charge < -0.3 is 20.3 Å². The van der Waals surface area contributed by atoms with Gasteiger partial charge in [-0.3, -0.25) is 0 Å². The third-order valence-electron chi connectivity index (χ3n) is 4.89. The summed E-state index contributed by atoms with van der Waals surface area (Å²) in [6.07, 6.45) is 2.88. The Kier molecular flexibility index (Phi) is 7.91. The summed E-state index contributed by atoms with van der Waals surface area (Å²) < 4.78 is 5.21. The largest absolute Gasteiger partial charge is 0.497 e. The molecule has 0 spiro atoms. The Labute approximate surface area is 171 Å². The molecule has 28 heavy (non-hydrogen) atoms. The standard InChI is InChI=1S/C22H29N3O2S/c1-27-20-10-8-19(9-11-20)25-15-12-18(13-16-25)24-22(26)23-14-5-17-28-21-6-3-2-4-7-21/h2-4,6-11,18H,5,12-17H2,1H3,(H2,23,24,26). The molecule has 150 valence electrons. The van der Waals surface area contributed by atoms with E-state index in [0.29, 0.717) is 6.54 Å². The molecular weight excluding hydrogens is 370 g/mol. The fourth-order valence-corrected chi connectivity index (χ4v) is 4.17. The first-order valence-electron chi connectivity index (χ1n) is 9.86. The van der Waals surface area contributed by atoms with Crippen LogP contribution in [0.4, 0.5) is 10.5 Å². The average molecular weight is 400 g/mol. The predicted octanol–water partition coefficient (Wildman–Crippen LogP) is 4.15. The van der Waals surface area contributed by atoms with Gasteiger partial charge in [-0.25, -0.2) is 4.79 Å². The lowest BCUT2D eigenvalue weighted by molar-refractivity contribution is 0.234. The average Bonchev–Trinajstić information content (AvgIpc) is 2.75. The van der Waals surface area contributed by atoms with Gasteiger partial charge >= 0.3 is 6.03 Å². The predicted molar refractivity (Wildman–Crippen MR) is 117 cm³/mol. The summed E-state index contributed by atoms with van der Waals surface area (Å²) in [5.74, 6) is 1.88. The number of carbonyl (C=O) groups excluding carboxylic acids is 1. The van der Waals surface area contributed by atoms with Gasteiger partial charge in [0.15, 0.2) is 0 Å². The molecule has 0 atom stereocenters. The van der Waals surface area contributed by atoms with Crippen LogP contribution < -0.4 is 20.3 Å². The number of anilines is 1. The molecule has 6 heteroatoms. The van der Waals surface area contributed by atoms with Gasteiger partial charge in [0, 0.05) is 36.3 Å². The van der Waals surface area contributed by atoms with Crippen LogP contribution in [0.1, 0.15) is 19.3 Å². The topological polar surface area (TPSA) is 53.6 Å². The molecule has 0 aliphatic carbocycles. The SMILES string of the molecule is COc1ccc(N2CCC(NC(=O)NCCCSc3ccccc3)CC2)cc1. The second-order valence-electron chi connectivity index (χ2n) is 6.87. The molecule has 2 aromatic carbocycles. The van der Waals surface area contributed by atoms with Crippen LogP contribution in [0.3, 0.4) is 0 Å². The number of amides is 2. The maximum absolute atomic E-state index is 12.1. The Morgan fingerprint density at radius 1 is 1.11 bits per heavy atom. The summed E-state index contributed by atoms with van der Waals surface area (Å²) in [5.41, 5.74) is 1.21. The van der Waals surface area contributed by atoms with E-state index < -0.39 is 0 Å². The second-order valence-corrected chi connectivity index (χ2v) is 8.04. The van der Waals surface area contributed by atoms with E-state index in [0.717, 1.165) is 43.9 Å². The molecule has 1 heterocycles.